The SMILES string of the molecule is Cc1csc(-c2n[nH]nc2-c2ccc3ncnn3c2)n1. The van der Waals surface area contributed by atoms with Crippen LogP contribution in [0.2, 0.25) is 0 Å². The van der Waals surface area contributed by atoms with Crippen molar-refractivity contribution in [2.75, 3.05) is 0 Å². The normalized spacial score (nSPS) is 11.2. The molecule has 20 heavy (non-hydrogen) atoms. The number of fused-ring (bicyclic) bond motifs is 1. The van der Waals surface area contributed by atoms with E-state index in [1.165, 1.54) is 6.33 Å². The molecule has 0 radical (unpaired) electrons. The molecule has 4 heterocycles. The van der Waals surface area contributed by atoms with Crippen molar-refractivity contribution >= 4 is 17.0 Å². The summed E-state index contributed by atoms with van der Waals surface area (Å²) in [5.41, 5.74) is 4.20. The van der Waals surface area contributed by atoms with Gasteiger partial charge in [0, 0.05) is 22.8 Å². The van der Waals surface area contributed by atoms with Gasteiger partial charge in [-0.2, -0.15) is 20.5 Å². The third-order valence-corrected chi connectivity index (χ3v) is 3.88. The monoisotopic (exact) mass is 283 g/mol. The Kier molecular flexibility index (Phi) is 2.36. The molecule has 98 valence electrons. The maximum atomic E-state index is 4.45. The van der Waals surface area contributed by atoms with Crippen molar-refractivity contribution in [2.24, 2.45) is 0 Å². The van der Waals surface area contributed by atoms with Gasteiger partial charge in [-0.25, -0.2) is 14.5 Å². The van der Waals surface area contributed by atoms with E-state index in [4.69, 9.17) is 0 Å². The molecule has 0 aliphatic carbocycles. The van der Waals surface area contributed by atoms with Crippen molar-refractivity contribution in [3.05, 3.63) is 35.7 Å². The van der Waals surface area contributed by atoms with Crippen LogP contribution < -0.4 is 0 Å². The number of thiazole rings is 1. The topological polar surface area (TPSA) is 84.6 Å². The zero-order valence-electron chi connectivity index (χ0n) is 10.5. The quantitative estimate of drug-likeness (QED) is 0.607. The van der Waals surface area contributed by atoms with Crippen LogP contribution in [-0.4, -0.2) is 35.0 Å². The third kappa shape index (κ3) is 1.69. The number of aromatic amines is 1. The minimum absolute atomic E-state index is 0.752. The van der Waals surface area contributed by atoms with Crippen LogP contribution in [0.1, 0.15) is 5.69 Å². The summed E-state index contributed by atoms with van der Waals surface area (Å²) < 4.78 is 1.71. The number of aromatic nitrogens is 7. The zero-order valence-corrected chi connectivity index (χ0v) is 11.3. The highest BCUT2D eigenvalue weighted by atomic mass is 32.1. The van der Waals surface area contributed by atoms with E-state index < -0.39 is 0 Å². The summed E-state index contributed by atoms with van der Waals surface area (Å²) >= 11 is 1.55. The summed E-state index contributed by atoms with van der Waals surface area (Å²) in [6.45, 7) is 1.96. The number of aryl methyl sites for hydroxylation is 1. The lowest BCUT2D eigenvalue weighted by Crippen LogP contribution is -1.90. The van der Waals surface area contributed by atoms with Gasteiger partial charge in [0.1, 0.15) is 22.7 Å². The predicted octanol–water partition coefficient (Wildman–Crippen LogP) is 1.95. The average molecular weight is 283 g/mol. The van der Waals surface area contributed by atoms with Crippen LogP contribution in [0.3, 0.4) is 0 Å². The van der Waals surface area contributed by atoms with E-state index >= 15 is 0 Å². The third-order valence-electron chi connectivity index (χ3n) is 2.92. The highest BCUT2D eigenvalue weighted by Gasteiger charge is 2.15. The largest absolute Gasteiger partial charge is 0.240 e. The highest BCUT2D eigenvalue weighted by molar-refractivity contribution is 7.13. The number of rotatable bonds is 2. The molecule has 0 aromatic carbocycles. The maximum absolute atomic E-state index is 4.45. The summed E-state index contributed by atoms with van der Waals surface area (Å²) in [5, 5.41) is 18.1. The summed E-state index contributed by atoms with van der Waals surface area (Å²) in [6, 6.07) is 3.85. The Labute approximate surface area is 117 Å². The molecule has 0 atom stereocenters. The summed E-state index contributed by atoms with van der Waals surface area (Å²) in [7, 11) is 0. The van der Waals surface area contributed by atoms with Gasteiger partial charge in [-0.15, -0.1) is 11.3 Å². The van der Waals surface area contributed by atoms with E-state index in [0.29, 0.717) is 0 Å². The fraction of sp³-hybridized carbons (Fsp3) is 0.0833. The van der Waals surface area contributed by atoms with Crippen molar-refractivity contribution in [3.8, 4) is 22.0 Å². The van der Waals surface area contributed by atoms with Gasteiger partial charge >= 0.3 is 0 Å². The van der Waals surface area contributed by atoms with Crippen molar-refractivity contribution in [2.45, 2.75) is 6.92 Å². The molecule has 0 fully saturated rings. The van der Waals surface area contributed by atoms with E-state index in [1.807, 2.05) is 30.6 Å². The van der Waals surface area contributed by atoms with Gasteiger partial charge in [-0.1, -0.05) is 0 Å². The van der Waals surface area contributed by atoms with E-state index in [1.54, 1.807) is 15.9 Å². The molecular formula is C12H9N7S. The molecule has 0 bridgehead atoms. The molecule has 8 heteroatoms. The standard InChI is InChI=1S/C12H9N7S/c1-7-5-20-12(15-7)11-10(16-18-17-11)8-2-3-9-13-6-14-19(9)4-8/h2-6H,1H3,(H,16,17,18). The Morgan fingerprint density at radius 2 is 2.10 bits per heavy atom. The van der Waals surface area contributed by atoms with Crippen LogP contribution in [0.5, 0.6) is 0 Å². The molecule has 0 spiro atoms. The summed E-state index contributed by atoms with van der Waals surface area (Å²) in [5.74, 6) is 0. The zero-order chi connectivity index (χ0) is 13.5. The first kappa shape index (κ1) is 11.2. The number of hydrogen-bond donors (Lipinski definition) is 1. The highest BCUT2D eigenvalue weighted by Crippen LogP contribution is 2.30. The van der Waals surface area contributed by atoms with Crippen LogP contribution >= 0.6 is 11.3 Å². The lowest BCUT2D eigenvalue weighted by Gasteiger charge is -1.99. The summed E-state index contributed by atoms with van der Waals surface area (Å²) in [4.78, 5) is 8.58. The van der Waals surface area contributed by atoms with Gasteiger partial charge in [0.05, 0.1) is 0 Å². The Hall–Kier alpha value is -2.61. The van der Waals surface area contributed by atoms with Gasteiger partial charge in [-0.3, -0.25) is 0 Å². The molecule has 0 aliphatic heterocycles. The number of nitrogens with one attached hydrogen (secondary N) is 1. The molecule has 0 saturated carbocycles. The second-order valence-corrected chi connectivity index (χ2v) is 5.15. The lowest BCUT2D eigenvalue weighted by molar-refractivity contribution is 0.938. The summed E-state index contributed by atoms with van der Waals surface area (Å²) in [6.07, 6.45) is 3.40. The molecule has 1 N–H and O–H groups in total. The molecule has 4 aromatic heterocycles. The van der Waals surface area contributed by atoms with Crippen LogP contribution in [0.4, 0.5) is 0 Å². The minimum Gasteiger partial charge on any atom is -0.240 e. The fourth-order valence-electron chi connectivity index (χ4n) is 2.00. The van der Waals surface area contributed by atoms with E-state index in [9.17, 15) is 0 Å². The van der Waals surface area contributed by atoms with Gasteiger partial charge in [0.2, 0.25) is 0 Å². The molecule has 0 saturated heterocycles. The van der Waals surface area contributed by atoms with Crippen LogP contribution in [-0.2, 0) is 0 Å². The second-order valence-electron chi connectivity index (χ2n) is 4.30. The maximum Gasteiger partial charge on any atom is 0.155 e. The van der Waals surface area contributed by atoms with Gasteiger partial charge in [-0.05, 0) is 19.1 Å². The number of H-pyrrole nitrogens is 1. The van der Waals surface area contributed by atoms with E-state index in [0.717, 1.165) is 33.3 Å². The Bertz CT molecular complexity index is 888. The first-order valence-electron chi connectivity index (χ1n) is 5.94. The van der Waals surface area contributed by atoms with Crippen molar-refractivity contribution in [1.29, 1.82) is 0 Å². The van der Waals surface area contributed by atoms with Gasteiger partial charge in [0.25, 0.3) is 0 Å². The average Bonchev–Trinajstić information content (AvgIpc) is 3.17. The molecule has 4 rings (SSSR count). The number of hydrogen-bond acceptors (Lipinski definition) is 6. The van der Waals surface area contributed by atoms with Gasteiger partial charge < -0.3 is 0 Å². The predicted molar refractivity (Wildman–Crippen MR) is 74.2 cm³/mol. The first-order valence-corrected chi connectivity index (χ1v) is 6.82. The Balaban J connectivity index is 1.88. The Morgan fingerprint density at radius 3 is 2.95 bits per heavy atom. The molecule has 0 amide bonds. The molecule has 0 aliphatic rings. The second kappa shape index (κ2) is 4.20. The van der Waals surface area contributed by atoms with Crippen molar-refractivity contribution in [3.63, 3.8) is 0 Å². The minimum atomic E-state index is 0.752. The van der Waals surface area contributed by atoms with Crippen molar-refractivity contribution < 1.29 is 0 Å². The molecular weight excluding hydrogens is 274 g/mol. The van der Waals surface area contributed by atoms with Crippen LogP contribution in [0.15, 0.2) is 30.0 Å². The number of pyridine rings is 1. The van der Waals surface area contributed by atoms with E-state index in [2.05, 4.69) is 30.5 Å². The van der Waals surface area contributed by atoms with E-state index in [-0.39, 0.29) is 0 Å². The molecule has 7 nitrogen and oxygen atoms in total. The lowest BCUT2D eigenvalue weighted by atomic mass is 10.2. The van der Waals surface area contributed by atoms with Gasteiger partial charge in [0.15, 0.2) is 5.65 Å². The fourth-order valence-corrected chi connectivity index (χ4v) is 2.79. The first-order chi connectivity index (χ1) is 9.81. The molecule has 4 aromatic rings. The van der Waals surface area contributed by atoms with Crippen LogP contribution in [0.25, 0.3) is 27.6 Å². The Morgan fingerprint density at radius 1 is 1.20 bits per heavy atom. The number of nitrogens with zero attached hydrogens (tertiary/aromatic N) is 6. The van der Waals surface area contributed by atoms with Crippen LogP contribution in [0, 0.1) is 6.92 Å². The molecule has 0 unspecified atom stereocenters. The van der Waals surface area contributed by atoms with Crippen molar-refractivity contribution in [1.82, 2.24) is 35.0 Å². The smallest absolute Gasteiger partial charge is 0.155 e.